The third-order valence-electron chi connectivity index (χ3n) is 4.06. The molecule has 0 heterocycles. The molecule has 0 saturated carbocycles. The number of unbranched alkanes of at least 4 members (excludes halogenated alkanes) is 1. The van der Waals surface area contributed by atoms with Gasteiger partial charge in [-0.15, -0.1) is 11.8 Å². The number of phenols is 1. The molecular weight excluding hydrogens is 343 g/mol. The molecule has 0 spiro atoms. The Labute approximate surface area is 179 Å². The van der Waals surface area contributed by atoms with Gasteiger partial charge in [0.15, 0.2) is 0 Å². The fourth-order valence-corrected chi connectivity index (χ4v) is 3.68. The Balaban J connectivity index is 0.00000576. The fraction of sp³-hybridized carbons (Fsp3) is 0.650. The summed E-state index contributed by atoms with van der Waals surface area (Å²) in [6.45, 7) is 14.4. The molecule has 0 amide bonds. The number of carbonyl (C=O) groups excluding carboxylic acids is 1. The molecular formula is C20H31NaO3S. The van der Waals surface area contributed by atoms with Crippen LogP contribution >= 0.6 is 11.8 Å². The second-order valence-electron chi connectivity index (χ2n) is 8.43. The van der Waals surface area contributed by atoms with E-state index in [0.717, 1.165) is 28.9 Å². The Morgan fingerprint density at radius 3 is 1.88 bits per heavy atom. The van der Waals surface area contributed by atoms with Gasteiger partial charge in [-0.05, 0) is 29.4 Å². The van der Waals surface area contributed by atoms with E-state index in [2.05, 4.69) is 41.5 Å². The molecule has 1 aromatic rings. The zero-order valence-corrected chi connectivity index (χ0v) is 19.8. The van der Waals surface area contributed by atoms with Gasteiger partial charge >= 0.3 is 29.6 Å². The number of phenolic OH excluding ortho intramolecular Hbond substituents is 1. The third-order valence-corrected chi connectivity index (χ3v) is 5.28. The number of carboxylic acids is 1. The van der Waals surface area contributed by atoms with E-state index in [0.29, 0.717) is 12.2 Å². The van der Waals surface area contributed by atoms with Gasteiger partial charge in [-0.1, -0.05) is 61.3 Å². The van der Waals surface area contributed by atoms with E-state index in [1.807, 2.05) is 19.1 Å². The minimum atomic E-state index is -1.02. The van der Waals surface area contributed by atoms with E-state index in [-0.39, 0.29) is 40.4 Å². The monoisotopic (exact) mass is 374 g/mol. The molecule has 0 saturated heterocycles. The number of carbonyl (C=O) groups is 1. The average Bonchev–Trinajstić information content (AvgIpc) is 2.41. The van der Waals surface area contributed by atoms with Crippen molar-refractivity contribution in [2.24, 2.45) is 0 Å². The predicted molar refractivity (Wildman–Crippen MR) is 99.7 cm³/mol. The van der Waals surface area contributed by atoms with Crippen LogP contribution in [0, 0.1) is 0 Å². The molecule has 0 bridgehead atoms. The second kappa shape index (κ2) is 9.68. The summed E-state index contributed by atoms with van der Waals surface area (Å²) in [4.78, 5) is 12.3. The Bertz CT molecular complexity index is 551. The summed E-state index contributed by atoms with van der Waals surface area (Å²) < 4.78 is 0. The maximum Gasteiger partial charge on any atom is 1.00 e. The number of rotatable bonds is 6. The molecule has 0 aliphatic rings. The van der Waals surface area contributed by atoms with Gasteiger partial charge in [0.1, 0.15) is 5.75 Å². The van der Waals surface area contributed by atoms with Crippen LogP contribution in [0.2, 0.25) is 0 Å². The van der Waals surface area contributed by atoms with Crippen molar-refractivity contribution >= 4 is 17.7 Å². The van der Waals surface area contributed by atoms with E-state index in [1.54, 1.807) is 0 Å². The maximum atomic E-state index is 11.5. The van der Waals surface area contributed by atoms with Crippen LogP contribution in [0.25, 0.3) is 0 Å². The van der Waals surface area contributed by atoms with Crippen LogP contribution < -0.4 is 34.7 Å². The minimum absolute atomic E-state index is 0. The number of hydrogen-bond donors (Lipinski definition) is 1. The van der Waals surface area contributed by atoms with Crippen LogP contribution in [-0.4, -0.2) is 16.3 Å². The number of aromatic hydroxyl groups is 1. The minimum Gasteiger partial charge on any atom is -0.549 e. The number of benzene rings is 1. The summed E-state index contributed by atoms with van der Waals surface area (Å²) in [6, 6.07) is 3.86. The van der Waals surface area contributed by atoms with E-state index in [9.17, 15) is 15.0 Å². The van der Waals surface area contributed by atoms with Crippen LogP contribution in [0.1, 0.15) is 78.9 Å². The normalized spacial score (nSPS) is 13.2. The Kier molecular flexibility index (Phi) is 9.62. The van der Waals surface area contributed by atoms with Gasteiger partial charge < -0.3 is 15.0 Å². The summed E-state index contributed by atoms with van der Waals surface area (Å²) in [5.41, 5.74) is 1.26. The van der Waals surface area contributed by atoms with Gasteiger partial charge in [-0.2, -0.15) is 0 Å². The molecule has 1 unspecified atom stereocenters. The first-order valence-electron chi connectivity index (χ1n) is 8.63. The predicted octanol–water partition coefficient (Wildman–Crippen LogP) is 1.39. The molecule has 0 aromatic heterocycles. The average molecular weight is 375 g/mol. The molecule has 1 rings (SSSR count). The second-order valence-corrected chi connectivity index (χ2v) is 9.71. The first kappa shape index (κ1) is 24.8. The van der Waals surface area contributed by atoms with Crippen molar-refractivity contribution < 1.29 is 44.6 Å². The first-order valence-corrected chi connectivity index (χ1v) is 9.51. The van der Waals surface area contributed by atoms with Gasteiger partial charge in [0.25, 0.3) is 0 Å². The SMILES string of the molecule is CCCCC(Sc1cc(C(C)(C)C)c(O)c(C(C)(C)C)c1)C(=O)[O-].[Na+]. The molecule has 0 fully saturated rings. The number of hydrogen-bond acceptors (Lipinski definition) is 4. The molecule has 25 heavy (non-hydrogen) atoms. The van der Waals surface area contributed by atoms with Crippen molar-refractivity contribution in [3.63, 3.8) is 0 Å². The standard InChI is InChI=1S/C20H32O3S.Na/c1-8-9-10-16(18(22)23)24-13-11-14(19(2,3)4)17(21)15(12-13)20(5,6)7;/h11-12,16,21H,8-10H2,1-7H3,(H,22,23);/q;+1/p-1. The van der Waals surface area contributed by atoms with E-state index >= 15 is 0 Å². The number of aliphatic carboxylic acids is 1. The van der Waals surface area contributed by atoms with Gasteiger partial charge in [0.2, 0.25) is 0 Å². The van der Waals surface area contributed by atoms with E-state index in [4.69, 9.17) is 0 Å². The van der Waals surface area contributed by atoms with Crippen molar-refractivity contribution in [1.29, 1.82) is 0 Å². The summed E-state index contributed by atoms with van der Waals surface area (Å²) in [6.07, 6.45) is 2.42. The van der Waals surface area contributed by atoms with Crippen molar-refractivity contribution in [2.75, 3.05) is 0 Å². The Hall–Kier alpha value is -0.160. The van der Waals surface area contributed by atoms with E-state index < -0.39 is 11.2 Å². The van der Waals surface area contributed by atoms with Crippen molar-refractivity contribution in [3.05, 3.63) is 23.3 Å². The number of carboxylic acid groups (broad SMARTS) is 1. The van der Waals surface area contributed by atoms with Gasteiger partial charge in [0.05, 0.1) is 5.97 Å². The zero-order chi connectivity index (χ0) is 18.7. The quantitative estimate of drug-likeness (QED) is 0.604. The largest absolute Gasteiger partial charge is 1.00 e. The zero-order valence-electron chi connectivity index (χ0n) is 17.0. The van der Waals surface area contributed by atoms with Gasteiger partial charge in [-0.3, -0.25) is 0 Å². The molecule has 0 radical (unpaired) electrons. The smallest absolute Gasteiger partial charge is 0.549 e. The molecule has 5 heteroatoms. The van der Waals surface area contributed by atoms with Crippen molar-refractivity contribution in [1.82, 2.24) is 0 Å². The summed E-state index contributed by atoms with van der Waals surface area (Å²) in [5, 5.41) is 21.6. The van der Waals surface area contributed by atoms with Crippen LogP contribution in [0.15, 0.2) is 17.0 Å². The Morgan fingerprint density at radius 2 is 1.56 bits per heavy atom. The fourth-order valence-electron chi connectivity index (χ4n) is 2.60. The molecule has 3 nitrogen and oxygen atoms in total. The Morgan fingerprint density at radius 1 is 1.12 bits per heavy atom. The maximum absolute atomic E-state index is 11.5. The van der Waals surface area contributed by atoms with Gasteiger partial charge in [0, 0.05) is 21.3 Å². The molecule has 0 aliphatic carbocycles. The molecule has 1 aromatic carbocycles. The molecule has 1 N–H and O–H groups in total. The van der Waals surface area contributed by atoms with Crippen LogP contribution in [0.3, 0.4) is 0 Å². The molecule has 1 atom stereocenters. The third kappa shape index (κ3) is 7.16. The number of thioether (sulfide) groups is 1. The van der Waals surface area contributed by atoms with E-state index in [1.165, 1.54) is 11.8 Å². The topological polar surface area (TPSA) is 60.4 Å². The first-order chi connectivity index (χ1) is 10.9. The van der Waals surface area contributed by atoms with Crippen LogP contribution in [0.4, 0.5) is 0 Å². The van der Waals surface area contributed by atoms with Crippen LogP contribution in [-0.2, 0) is 15.6 Å². The van der Waals surface area contributed by atoms with Crippen molar-refractivity contribution in [2.45, 2.75) is 88.7 Å². The summed E-state index contributed by atoms with van der Waals surface area (Å²) in [7, 11) is 0. The van der Waals surface area contributed by atoms with Gasteiger partial charge in [-0.25, -0.2) is 0 Å². The van der Waals surface area contributed by atoms with Crippen molar-refractivity contribution in [3.8, 4) is 5.75 Å². The molecule has 136 valence electrons. The summed E-state index contributed by atoms with van der Waals surface area (Å²) in [5.74, 6) is -0.700. The molecule has 0 aliphatic heterocycles. The summed E-state index contributed by atoms with van der Waals surface area (Å²) >= 11 is 1.33. The van der Waals surface area contributed by atoms with Crippen LogP contribution in [0.5, 0.6) is 5.75 Å².